The van der Waals surface area contributed by atoms with Gasteiger partial charge in [-0.3, -0.25) is 9.59 Å². The van der Waals surface area contributed by atoms with Crippen LogP contribution in [0.2, 0.25) is 0 Å². The van der Waals surface area contributed by atoms with E-state index in [9.17, 15) is 9.59 Å². The quantitative estimate of drug-likeness (QED) is 0.406. The van der Waals surface area contributed by atoms with E-state index >= 15 is 0 Å². The Morgan fingerprint density at radius 3 is 2.77 bits per heavy atom. The first-order valence-electron chi connectivity index (χ1n) is 8.13. The van der Waals surface area contributed by atoms with E-state index in [0.717, 1.165) is 26.8 Å². The van der Waals surface area contributed by atoms with E-state index in [2.05, 4.69) is 4.98 Å². The van der Waals surface area contributed by atoms with Gasteiger partial charge in [-0.2, -0.15) is 0 Å². The predicted octanol–water partition coefficient (Wildman–Crippen LogP) is 3.96. The third-order valence-corrected chi connectivity index (χ3v) is 5.43. The molecule has 0 amide bonds. The smallest absolute Gasteiger partial charge is 0.325 e. The number of para-hydroxylation sites is 1. The Kier molecular flexibility index (Phi) is 4.05. The molecule has 0 aliphatic carbocycles. The van der Waals surface area contributed by atoms with Crippen molar-refractivity contribution in [2.24, 2.45) is 0 Å². The highest BCUT2D eigenvalue weighted by Crippen LogP contribution is 2.32. The lowest BCUT2D eigenvalue weighted by atomic mass is 10.0. The standard InChI is InChI=1S/C20H16N2O3S/c1-12-18(14-9-10-26-20(14)22(12)11-17(23)25-2)19(24)16-8-7-13-5-3-4-6-15(13)21-16/h3-10H,11H2,1-2H3. The summed E-state index contributed by atoms with van der Waals surface area (Å²) in [6.45, 7) is 1.93. The van der Waals surface area contributed by atoms with Crippen LogP contribution in [0.4, 0.5) is 0 Å². The molecular weight excluding hydrogens is 348 g/mol. The Hall–Kier alpha value is -2.99. The number of benzene rings is 1. The fourth-order valence-electron chi connectivity index (χ4n) is 3.17. The minimum Gasteiger partial charge on any atom is -0.468 e. The monoisotopic (exact) mass is 364 g/mol. The molecule has 3 heterocycles. The number of aromatic nitrogens is 2. The molecule has 0 saturated heterocycles. The first kappa shape index (κ1) is 16.5. The van der Waals surface area contributed by atoms with Gasteiger partial charge in [-0.25, -0.2) is 4.98 Å². The number of ketones is 1. The van der Waals surface area contributed by atoms with E-state index in [0.29, 0.717) is 11.3 Å². The average Bonchev–Trinajstić information content (AvgIpc) is 3.22. The van der Waals surface area contributed by atoms with E-state index in [-0.39, 0.29) is 18.3 Å². The molecule has 0 aliphatic heterocycles. The SMILES string of the molecule is COC(=O)Cn1c(C)c(C(=O)c2ccc3ccccc3n2)c2ccsc21. The second kappa shape index (κ2) is 6.38. The van der Waals surface area contributed by atoms with Gasteiger partial charge in [0.2, 0.25) is 5.78 Å². The van der Waals surface area contributed by atoms with Gasteiger partial charge in [0.15, 0.2) is 0 Å². The van der Waals surface area contributed by atoms with Crippen molar-refractivity contribution in [1.82, 2.24) is 9.55 Å². The summed E-state index contributed by atoms with van der Waals surface area (Å²) in [4.78, 5) is 30.4. The van der Waals surface area contributed by atoms with Crippen molar-refractivity contribution in [3.63, 3.8) is 0 Å². The molecule has 0 aliphatic rings. The Morgan fingerprint density at radius 2 is 1.96 bits per heavy atom. The molecule has 6 heteroatoms. The van der Waals surface area contributed by atoms with Gasteiger partial charge < -0.3 is 9.30 Å². The molecule has 0 fully saturated rings. The van der Waals surface area contributed by atoms with Gasteiger partial charge in [0.25, 0.3) is 0 Å². The highest BCUT2D eigenvalue weighted by atomic mass is 32.1. The number of carbonyl (C=O) groups is 2. The second-order valence-electron chi connectivity index (χ2n) is 5.98. The number of carbonyl (C=O) groups excluding carboxylic acids is 2. The van der Waals surface area contributed by atoms with Crippen LogP contribution in [0.25, 0.3) is 21.1 Å². The van der Waals surface area contributed by atoms with Crippen LogP contribution in [0.3, 0.4) is 0 Å². The summed E-state index contributed by atoms with van der Waals surface area (Å²) < 4.78 is 6.62. The first-order chi connectivity index (χ1) is 12.6. The van der Waals surface area contributed by atoms with E-state index in [1.54, 1.807) is 6.07 Å². The van der Waals surface area contributed by atoms with Crippen molar-refractivity contribution in [2.75, 3.05) is 7.11 Å². The summed E-state index contributed by atoms with van der Waals surface area (Å²) in [7, 11) is 1.36. The molecule has 0 radical (unpaired) electrons. The lowest BCUT2D eigenvalue weighted by Gasteiger charge is -2.07. The number of esters is 1. The number of pyridine rings is 1. The zero-order valence-corrected chi connectivity index (χ0v) is 15.2. The van der Waals surface area contributed by atoms with Crippen LogP contribution in [-0.2, 0) is 16.1 Å². The average molecular weight is 364 g/mol. The molecular formula is C20H16N2O3S. The van der Waals surface area contributed by atoms with Gasteiger partial charge >= 0.3 is 5.97 Å². The van der Waals surface area contributed by atoms with Crippen LogP contribution in [-0.4, -0.2) is 28.4 Å². The summed E-state index contributed by atoms with van der Waals surface area (Å²) in [5, 5.41) is 3.75. The first-order valence-corrected chi connectivity index (χ1v) is 9.01. The largest absolute Gasteiger partial charge is 0.468 e. The molecule has 3 aromatic heterocycles. The molecule has 4 rings (SSSR count). The second-order valence-corrected chi connectivity index (χ2v) is 6.87. The highest BCUT2D eigenvalue weighted by molar-refractivity contribution is 7.16. The van der Waals surface area contributed by atoms with Crippen molar-refractivity contribution in [1.29, 1.82) is 0 Å². The van der Waals surface area contributed by atoms with Crippen molar-refractivity contribution < 1.29 is 14.3 Å². The van der Waals surface area contributed by atoms with Gasteiger partial charge in [-0.1, -0.05) is 24.3 Å². The van der Waals surface area contributed by atoms with Gasteiger partial charge in [0.05, 0.1) is 18.2 Å². The minimum absolute atomic E-state index is 0.0811. The van der Waals surface area contributed by atoms with E-state index in [1.165, 1.54) is 18.4 Å². The molecule has 0 N–H and O–H groups in total. The predicted molar refractivity (Wildman–Crippen MR) is 102 cm³/mol. The third-order valence-electron chi connectivity index (χ3n) is 4.50. The maximum Gasteiger partial charge on any atom is 0.325 e. The fraction of sp³-hybridized carbons (Fsp3) is 0.150. The number of hydrogen-bond donors (Lipinski definition) is 0. The minimum atomic E-state index is -0.346. The van der Waals surface area contributed by atoms with Gasteiger partial charge in [-0.05, 0) is 30.5 Å². The Balaban J connectivity index is 1.84. The summed E-state index contributed by atoms with van der Waals surface area (Å²) in [6, 6.07) is 13.3. The number of fused-ring (bicyclic) bond motifs is 2. The maximum absolute atomic E-state index is 13.2. The normalized spacial score (nSPS) is 11.2. The molecule has 0 saturated carbocycles. The molecule has 130 valence electrons. The maximum atomic E-state index is 13.2. The van der Waals surface area contributed by atoms with Crippen molar-refractivity contribution >= 4 is 44.2 Å². The van der Waals surface area contributed by atoms with E-state index in [4.69, 9.17) is 4.74 Å². The number of hydrogen-bond acceptors (Lipinski definition) is 5. The highest BCUT2D eigenvalue weighted by Gasteiger charge is 2.24. The number of ether oxygens (including phenoxy) is 1. The molecule has 26 heavy (non-hydrogen) atoms. The Labute approximate surface area is 153 Å². The van der Waals surface area contributed by atoms with Gasteiger partial charge in [0, 0.05) is 16.5 Å². The molecule has 0 bridgehead atoms. The summed E-state index contributed by atoms with van der Waals surface area (Å²) in [5.41, 5.74) is 2.52. The van der Waals surface area contributed by atoms with Crippen LogP contribution < -0.4 is 0 Å². The lowest BCUT2D eigenvalue weighted by molar-refractivity contribution is -0.141. The molecule has 5 nitrogen and oxygen atoms in total. The number of methoxy groups -OCH3 is 1. The van der Waals surface area contributed by atoms with Crippen molar-refractivity contribution in [2.45, 2.75) is 13.5 Å². The Morgan fingerprint density at radius 1 is 1.15 bits per heavy atom. The zero-order chi connectivity index (χ0) is 18.3. The lowest BCUT2D eigenvalue weighted by Crippen LogP contribution is -2.13. The fourth-order valence-corrected chi connectivity index (χ4v) is 4.13. The van der Waals surface area contributed by atoms with Crippen molar-refractivity contribution in [3.05, 3.63) is 64.8 Å². The molecule has 1 aromatic carbocycles. The third kappa shape index (κ3) is 2.59. The summed E-state index contributed by atoms with van der Waals surface area (Å²) in [6.07, 6.45) is 0. The summed E-state index contributed by atoms with van der Waals surface area (Å²) in [5.74, 6) is -0.485. The van der Waals surface area contributed by atoms with Crippen LogP contribution in [0, 0.1) is 6.92 Å². The van der Waals surface area contributed by atoms with Crippen LogP contribution in [0.5, 0.6) is 0 Å². The van der Waals surface area contributed by atoms with Crippen LogP contribution >= 0.6 is 11.3 Å². The van der Waals surface area contributed by atoms with Crippen LogP contribution in [0.1, 0.15) is 21.7 Å². The van der Waals surface area contributed by atoms with Gasteiger partial charge in [-0.15, -0.1) is 11.3 Å². The number of thiophene rings is 1. The molecule has 0 unspecified atom stereocenters. The van der Waals surface area contributed by atoms with Gasteiger partial charge in [0.1, 0.15) is 17.1 Å². The van der Waals surface area contributed by atoms with E-state index < -0.39 is 0 Å². The van der Waals surface area contributed by atoms with Crippen molar-refractivity contribution in [3.8, 4) is 0 Å². The summed E-state index contributed by atoms with van der Waals surface area (Å²) >= 11 is 1.50. The molecule has 4 aromatic rings. The zero-order valence-electron chi connectivity index (χ0n) is 14.4. The van der Waals surface area contributed by atoms with E-state index in [1.807, 2.05) is 53.3 Å². The number of nitrogens with zero attached hydrogens (tertiary/aromatic N) is 2. The topological polar surface area (TPSA) is 61.2 Å². The molecule has 0 spiro atoms. The molecule has 0 atom stereocenters. The Bertz CT molecular complexity index is 1160. The van der Waals surface area contributed by atoms with Crippen LogP contribution in [0.15, 0.2) is 47.8 Å². The number of rotatable bonds is 4.